The van der Waals surface area contributed by atoms with E-state index in [1.807, 2.05) is 56.6 Å². The molecule has 0 aliphatic rings. The summed E-state index contributed by atoms with van der Waals surface area (Å²) in [6, 6.07) is 13.6. The van der Waals surface area contributed by atoms with Crippen LogP contribution in [0, 0.1) is 34.6 Å². The van der Waals surface area contributed by atoms with Crippen molar-refractivity contribution in [1.29, 1.82) is 0 Å². The summed E-state index contributed by atoms with van der Waals surface area (Å²) in [5, 5.41) is 12.7. The Bertz CT molecular complexity index is 1330. The van der Waals surface area contributed by atoms with Crippen LogP contribution >= 0.6 is 11.6 Å². The van der Waals surface area contributed by atoms with E-state index in [0.717, 1.165) is 27.5 Å². The van der Waals surface area contributed by atoms with E-state index in [1.54, 1.807) is 16.9 Å². The molecule has 0 radical (unpaired) electrons. The Labute approximate surface area is 204 Å². The van der Waals surface area contributed by atoms with Crippen LogP contribution < -0.4 is 10.1 Å². The Kier molecular flexibility index (Phi) is 6.75. The summed E-state index contributed by atoms with van der Waals surface area (Å²) in [4.78, 5) is 12.9. The molecule has 34 heavy (non-hydrogen) atoms. The topological polar surface area (TPSA) is 74.0 Å². The van der Waals surface area contributed by atoms with Crippen LogP contribution in [0.15, 0.2) is 48.7 Å². The molecular formula is C26H28ClN5O2. The molecule has 0 saturated heterocycles. The lowest BCUT2D eigenvalue weighted by molar-refractivity contribution is 0.102. The zero-order valence-electron chi connectivity index (χ0n) is 20.0. The van der Waals surface area contributed by atoms with Gasteiger partial charge in [0.15, 0.2) is 12.4 Å². The summed E-state index contributed by atoms with van der Waals surface area (Å²) in [5.74, 6) is 0.409. The number of rotatable bonds is 7. The summed E-state index contributed by atoms with van der Waals surface area (Å²) in [6.45, 7) is 10.6. The fraction of sp³-hybridized carbons (Fsp3) is 0.269. The van der Waals surface area contributed by atoms with Crippen molar-refractivity contribution < 1.29 is 9.53 Å². The van der Waals surface area contributed by atoms with E-state index in [-0.39, 0.29) is 12.6 Å². The van der Waals surface area contributed by atoms with Gasteiger partial charge in [0.25, 0.3) is 5.91 Å². The van der Waals surface area contributed by atoms with Gasteiger partial charge in [0.1, 0.15) is 5.75 Å². The fourth-order valence-corrected chi connectivity index (χ4v) is 3.95. The van der Waals surface area contributed by atoms with Crippen LogP contribution in [0.3, 0.4) is 0 Å². The number of anilines is 1. The summed E-state index contributed by atoms with van der Waals surface area (Å²) in [6.07, 6.45) is 1.71. The highest BCUT2D eigenvalue weighted by Gasteiger charge is 2.17. The van der Waals surface area contributed by atoms with Crippen molar-refractivity contribution in [3.63, 3.8) is 0 Å². The molecule has 2 aromatic heterocycles. The highest BCUT2D eigenvalue weighted by Crippen LogP contribution is 2.26. The Morgan fingerprint density at radius 2 is 1.71 bits per heavy atom. The molecule has 1 amide bonds. The van der Waals surface area contributed by atoms with E-state index in [9.17, 15) is 4.79 Å². The van der Waals surface area contributed by atoms with Crippen molar-refractivity contribution in [3.05, 3.63) is 93.0 Å². The Hall–Kier alpha value is -3.58. The number of aryl methyl sites for hydroxylation is 4. The number of ether oxygens (including phenoxy) is 1. The maximum absolute atomic E-state index is 12.9. The number of carbonyl (C=O) groups is 1. The largest absolute Gasteiger partial charge is 0.471 e. The van der Waals surface area contributed by atoms with Crippen LogP contribution in [0.2, 0.25) is 5.02 Å². The van der Waals surface area contributed by atoms with Crippen LogP contribution in [0.5, 0.6) is 5.75 Å². The van der Waals surface area contributed by atoms with Crippen molar-refractivity contribution in [2.75, 3.05) is 5.32 Å². The molecule has 0 saturated carbocycles. The van der Waals surface area contributed by atoms with Crippen molar-refractivity contribution in [1.82, 2.24) is 19.6 Å². The highest BCUT2D eigenvalue weighted by atomic mass is 35.5. The molecule has 0 unspecified atom stereocenters. The van der Waals surface area contributed by atoms with E-state index in [1.165, 1.54) is 11.1 Å². The molecule has 2 aromatic carbocycles. The molecule has 2 heterocycles. The molecule has 4 aromatic rings. The first-order valence-electron chi connectivity index (χ1n) is 11.1. The SMILES string of the molecule is Cc1ccccc1Cn1nc(C)c(NC(=O)c2ccn(COc3cc(C)c(Cl)c(C)c3)n2)c1C. The molecule has 0 fully saturated rings. The average molecular weight is 478 g/mol. The van der Waals surface area contributed by atoms with E-state index in [2.05, 4.69) is 34.6 Å². The number of halogens is 1. The quantitative estimate of drug-likeness (QED) is 0.375. The number of amides is 1. The molecule has 0 spiro atoms. The normalized spacial score (nSPS) is 11.0. The zero-order chi connectivity index (χ0) is 24.4. The third-order valence-corrected chi connectivity index (χ3v) is 6.44. The van der Waals surface area contributed by atoms with Gasteiger partial charge in [-0.2, -0.15) is 10.2 Å². The van der Waals surface area contributed by atoms with Crippen LogP contribution in [0.4, 0.5) is 5.69 Å². The summed E-state index contributed by atoms with van der Waals surface area (Å²) in [5.41, 5.74) is 6.96. The standard InChI is InChI=1S/C26H28ClN5O2/c1-16-8-6-7-9-21(16)14-32-20(5)25(19(4)29-32)28-26(33)23-10-11-31(30-23)15-34-22-12-17(2)24(27)18(3)13-22/h6-13H,14-15H2,1-5H3,(H,28,33). The minimum Gasteiger partial charge on any atom is -0.471 e. The molecule has 0 atom stereocenters. The summed E-state index contributed by atoms with van der Waals surface area (Å²) < 4.78 is 9.32. The van der Waals surface area contributed by atoms with Gasteiger partial charge in [-0.1, -0.05) is 35.9 Å². The molecular weight excluding hydrogens is 450 g/mol. The highest BCUT2D eigenvalue weighted by molar-refractivity contribution is 6.32. The maximum atomic E-state index is 12.9. The molecule has 1 N–H and O–H groups in total. The van der Waals surface area contributed by atoms with Gasteiger partial charge in [-0.15, -0.1) is 0 Å². The molecule has 7 nitrogen and oxygen atoms in total. The molecule has 0 aliphatic carbocycles. The lowest BCUT2D eigenvalue weighted by Gasteiger charge is -2.10. The number of benzene rings is 2. The van der Waals surface area contributed by atoms with E-state index >= 15 is 0 Å². The third-order valence-electron chi connectivity index (χ3n) is 5.85. The Morgan fingerprint density at radius 3 is 2.41 bits per heavy atom. The van der Waals surface area contributed by atoms with E-state index in [0.29, 0.717) is 23.7 Å². The number of hydrogen-bond donors (Lipinski definition) is 1. The van der Waals surface area contributed by atoms with Crippen molar-refractivity contribution in [3.8, 4) is 5.75 Å². The van der Waals surface area contributed by atoms with Gasteiger partial charge in [-0.05, 0) is 75.1 Å². The van der Waals surface area contributed by atoms with E-state index in [4.69, 9.17) is 16.3 Å². The first-order chi connectivity index (χ1) is 16.2. The lowest BCUT2D eigenvalue weighted by atomic mass is 10.1. The lowest BCUT2D eigenvalue weighted by Crippen LogP contribution is -2.15. The van der Waals surface area contributed by atoms with E-state index < -0.39 is 0 Å². The predicted molar refractivity (Wildman–Crippen MR) is 134 cm³/mol. The van der Waals surface area contributed by atoms with Crippen LogP contribution in [-0.4, -0.2) is 25.5 Å². The molecule has 0 aliphatic heterocycles. The second kappa shape index (κ2) is 9.73. The van der Waals surface area contributed by atoms with Crippen molar-refractivity contribution in [2.24, 2.45) is 0 Å². The number of nitrogens with zero attached hydrogens (tertiary/aromatic N) is 4. The first kappa shape index (κ1) is 23.6. The van der Waals surface area contributed by atoms with Crippen molar-refractivity contribution in [2.45, 2.75) is 47.9 Å². The second-order valence-electron chi connectivity index (χ2n) is 8.47. The van der Waals surface area contributed by atoms with Crippen LogP contribution in [-0.2, 0) is 13.3 Å². The van der Waals surface area contributed by atoms with Crippen molar-refractivity contribution >= 4 is 23.2 Å². The summed E-state index contributed by atoms with van der Waals surface area (Å²) in [7, 11) is 0. The van der Waals surface area contributed by atoms with Gasteiger partial charge in [-0.25, -0.2) is 4.68 Å². The van der Waals surface area contributed by atoms with Gasteiger partial charge in [0.05, 0.1) is 23.6 Å². The van der Waals surface area contributed by atoms with Crippen LogP contribution in [0.1, 0.15) is 44.1 Å². The number of carbonyl (C=O) groups excluding carboxylic acids is 1. The van der Waals surface area contributed by atoms with Gasteiger partial charge < -0.3 is 10.1 Å². The monoisotopic (exact) mass is 477 g/mol. The van der Waals surface area contributed by atoms with Gasteiger partial charge >= 0.3 is 0 Å². The fourth-order valence-electron chi connectivity index (χ4n) is 3.84. The second-order valence-corrected chi connectivity index (χ2v) is 8.85. The Morgan fingerprint density at radius 1 is 1.00 bits per heavy atom. The van der Waals surface area contributed by atoms with Gasteiger partial charge in [0, 0.05) is 11.2 Å². The van der Waals surface area contributed by atoms with Gasteiger partial charge in [-0.3, -0.25) is 9.48 Å². The number of nitrogens with one attached hydrogen (secondary N) is 1. The molecule has 4 rings (SSSR count). The first-order valence-corrected chi connectivity index (χ1v) is 11.4. The smallest absolute Gasteiger partial charge is 0.276 e. The minimum atomic E-state index is -0.293. The number of hydrogen-bond acceptors (Lipinski definition) is 4. The Balaban J connectivity index is 1.43. The molecule has 176 valence electrons. The predicted octanol–water partition coefficient (Wildman–Crippen LogP) is 5.61. The molecule has 8 heteroatoms. The summed E-state index contributed by atoms with van der Waals surface area (Å²) >= 11 is 6.22. The van der Waals surface area contributed by atoms with Crippen LogP contribution in [0.25, 0.3) is 0 Å². The molecule has 0 bridgehead atoms. The zero-order valence-corrected chi connectivity index (χ0v) is 20.8. The number of aromatic nitrogens is 4. The minimum absolute atomic E-state index is 0.181. The maximum Gasteiger partial charge on any atom is 0.276 e. The average Bonchev–Trinajstić information content (AvgIpc) is 3.38. The third kappa shape index (κ3) is 4.99. The van der Waals surface area contributed by atoms with Gasteiger partial charge in [0.2, 0.25) is 0 Å².